The topological polar surface area (TPSA) is 58.6 Å². The Morgan fingerprint density at radius 3 is 2.19 bits per heavy atom. The number of benzene rings is 2. The predicted octanol–water partition coefficient (Wildman–Crippen LogP) is 4.35. The van der Waals surface area contributed by atoms with Crippen molar-refractivity contribution in [2.24, 2.45) is 0 Å². The molecule has 0 aromatic heterocycles. The molecule has 0 spiro atoms. The molecule has 2 rings (SSSR count). The molecule has 5 heteroatoms. The van der Waals surface area contributed by atoms with Crippen LogP contribution in [0.2, 0.25) is 0 Å². The van der Waals surface area contributed by atoms with E-state index in [2.05, 4.69) is 26.1 Å². The lowest BCUT2D eigenvalue weighted by molar-refractivity contribution is -0.141. The summed E-state index contributed by atoms with van der Waals surface area (Å²) < 4.78 is 5.95. The van der Waals surface area contributed by atoms with Crippen molar-refractivity contribution in [2.75, 3.05) is 13.2 Å². The Morgan fingerprint density at radius 2 is 1.58 bits per heavy atom. The standard InChI is InChI=1S/C26H36N2O3/c1-19(2)27-25(30)20(3)28(17-16-21-12-8-7-9-13-21)24(29)18-31-23-15-11-10-14-22(23)26(4,5)6/h7-15,19-20H,16-18H2,1-6H3,(H,27,30). The molecule has 0 fully saturated rings. The van der Waals surface area contributed by atoms with Crippen molar-refractivity contribution in [3.63, 3.8) is 0 Å². The van der Waals surface area contributed by atoms with E-state index in [9.17, 15) is 9.59 Å². The molecule has 168 valence electrons. The lowest BCUT2D eigenvalue weighted by Crippen LogP contribution is -2.51. The largest absolute Gasteiger partial charge is 0.483 e. The highest BCUT2D eigenvalue weighted by Gasteiger charge is 2.27. The smallest absolute Gasteiger partial charge is 0.261 e. The highest BCUT2D eigenvalue weighted by atomic mass is 16.5. The van der Waals surface area contributed by atoms with Crippen LogP contribution in [0.5, 0.6) is 5.75 Å². The second-order valence-corrected chi connectivity index (χ2v) is 9.20. The van der Waals surface area contributed by atoms with Crippen molar-refractivity contribution < 1.29 is 14.3 Å². The van der Waals surface area contributed by atoms with Gasteiger partial charge in [-0.05, 0) is 49.8 Å². The zero-order valence-corrected chi connectivity index (χ0v) is 19.6. The summed E-state index contributed by atoms with van der Waals surface area (Å²) in [6.45, 7) is 12.3. The summed E-state index contributed by atoms with van der Waals surface area (Å²) in [7, 11) is 0. The van der Waals surface area contributed by atoms with Crippen LogP contribution in [-0.2, 0) is 21.4 Å². The summed E-state index contributed by atoms with van der Waals surface area (Å²) in [5, 5.41) is 2.91. The molecule has 0 saturated heterocycles. The van der Waals surface area contributed by atoms with Crippen LogP contribution in [0.15, 0.2) is 54.6 Å². The number of amides is 2. The van der Waals surface area contributed by atoms with Gasteiger partial charge in [0.1, 0.15) is 11.8 Å². The van der Waals surface area contributed by atoms with Crippen molar-refractivity contribution in [1.82, 2.24) is 10.2 Å². The second kappa shape index (κ2) is 11.0. The van der Waals surface area contributed by atoms with E-state index < -0.39 is 6.04 Å². The van der Waals surface area contributed by atoms with E-state index in [1.807, 2.05) is 68.4 Å². The van der Waals surface area contributed by atoms with E-state index in [0.29, 0.717) is 18.7 Å². The molecule has 2 aromatic rings. The molecule has 31 heavy (non-hydrogen) atoms. The molecule has 0 aliphatic carbocycles. The minimum Gasteiger partial charge on any atom is -0.483 e. The van der Waals surface area contributed by atoms with E-state index in [4.69, 9.17) is 4.74 Å². The fraction of sp³-hybridized carbons (Fsp3) is 0.462. The van der Waals surface area contributed by atoms with Gasteiger partial charge in [-0.1, -0.05) is 69.3 Å². The Kier molecular flexibility index (Phi) is 8.66. The first-order chi connectivity index (χ1) is 14.6. The van der Waals surface area contributed by atoms with Crippen LogP contribution in [0.4, 0.5) is 0 Å². The first-order valence-electron chi connectivity index (χ1n) is 11.0. The monoisotopic (exact) mass is 424 g/mol. The maximum absolute atomic E-state index is 13.2. The zero-order chi connectivity index (χ0) is 23.0. The molecule has 0 aliphatic rings. The number of para-hydroxylation sites is 1. The van der Waals surface area contributed by atoms with E-state index in [1.54, 1.807) is 11.8 Å². The van der Waals surface area contributed by atoms with E-state index in [1.165, 1.54) is 0 Å². The molecule has 2 aromatic carbocycles. The lowest BCUT2D eigenvalue weighted by Gasteiger charge is -2.30. The normalized spacial score (nSPS) is 12.4. The third-order valence-corrected chi connectivity index (χ3v) is 5.13. The average Bonchev–Trinajstić information content (AvgIpc) is 2.72. The maximum atomic E-state index is 13.2. The van der Waals surface area contributed by atoms with Crippen LogP contribution >= 0.6 is 0 Å². The van der Waals surface area contributed by atoms with Crippen molar-refractivity contribution in [2.45, 2.75) is 65.5 Å². The summed E-state index contributed by atoms with van der Waals surface area (Å²) in [6.07, 6.45) is 0.671. The highest BCUT2D eigenvalue weighted by Crippen LogP contribution is 2.30. The van der Waals surface area contributed by atoms with Gasteiger partial charge in [-0.25, -0.2) is 0 Å². The van der Waals surface area contributed by atoms with Gasteiger partial charge in [0.25, 0.3) is 5.91 Å². The summed E-state index contributed by atoms with van der Waals surface area (Å²) in [5.74, 6) is 0.336. The SMILES string of the molecule is CC(C)NC(=O)C(C)N(CCc1ccccc1)C(=O)COc1ccccc1C(C)(C)C. The van der Waals surface area contributed by atoms with Crippen molar-refractivity contribution in [3.05, 3.63) is 65.7 Å². The number of carbonyl (C=O) groups is 2. The number of ether oxygens (including phenoxy) is 1. The van der Waals surface area contributed by atoms with Gasteiger partial charge in [0.2, 0.25) is 5.91 Å². The molecule has 1 unspecified atom stereocenters. The molecule has 1 N–H and O–H groups in total. The summed E-state index contributed by atoms with van der Waals surface area (Å²) in [6, 6.07) is 17.2. The Hall–Kier alpha value is -2.82. The first kappa shape index (κ1) is 24.4. The number of carbonyl (C=O) groups excluding carboxylic acids is 2. The Labute approximate surface area is 186 Å². The van der Waals surface area contributed by atoms with Gasteiger partial charge in [0.05, 0.1) is 0 Å². The maximum Gasteiger partial charge on any atom is 0.261 e. The fourth-order valence-electron chi connectivity index (χ4n) is 3.41. The molecule has 0 saturated carbocycles. The molecule has 0 radical (unpaired) electrons. The van der Waals surface area contributed by atoms with Gasteiger partial charge in [0, 0.05) is 12.6 Å². The van der Waals surface area contributed by atoms with Crippen molar-refractivity contribution in [3.8, 4) is 5.75 Å². The van der Waals surface area contributed by atoms with E-state index in [-0.39, 0.29) is 29.9 Å². The van der Waals surface area contributed by atoms with Crippen molar-refractivity contribution >= 4 is 11.8 Å². The highest BCUT2D eigenvalue weighted by molar-refractivity contribution is 5.88. The molecular weight excluding hydrogens is 388 g/mol. The van der Waals surface area contributed by atoms with Crippen LogP contribution in [-0.4, -0.2) is 41.9 Å². The van der Waals surface area contributed by atoms with Gasteiger partial charge in [0.15, 0.2) is 6.61 Å². The lowest BCUT2D eigenvalue weighted by atomic mass is 9.86. The van der Waals surface area contributed by atoms with Crippen LogP contribution in [0.25, 0.3) is 0 Å². The molecular formula is C26H36N2O3. The number of nitrogens with zero attached hydrogens (tertiary/aromatic N) is 1. The predicted molar refractivity (Wildman–Crippen MR) is 125 cm³/mol. The van der Waals surface area contributed by atoms with Crippen LogP contribution in [0, 0.1) is 0 Å². The minimum atomic E-state index is -0.583. The van der Waals surface area contributed by atoms with Gasteiger partial charge in [-0.3, -0.25) is 9.59 Å². The van der Waals surface area contributed by atoms with Gasteiger partial charge in [-0.2, -0.15) is 0 Å². The number of hydrogen-bond donors (Lipinski definition) is 1. The second-order valence-electron chi connectivity index (χ2n) is 9.20. The number of rotatable bonds is 9. The molecule has 0 bridgehead atoms. The molecule has 2 amide bonds. The summed E-state index contributed by atoms with van der Waals surface area (Å²) in [4.78, 5) is 27.4. The average molecular weight is 425 g/mol. The van der Waals surface area contributed by atoms with Gasteiger partial charge in [-0.15, -0.1) is 0 Å². The van der Waals surface area contributed by atoms with Crippen LogP contribution < -0.4 is 10.1 Å². The van der Waals surface area contributed by atoms with E-state index >= 15 is 0 Å². The van der Waals surface area contributed by atoms with Gasteiger partial charge < -0.3 is 15.0 Å². The van der Waals surface area contributed by atoms with Crippen LogP contribution in [0.3, 0.4) is 0 Å². The van der Waals surface area contributed by atoms with E-state index in [0.717, 1.165) is 11.1 Å². The number of nitrogens with one attached hydrogen (secondary N) is 1. The quantitative estimate of drug-likeness (QED) is 0.651. The van der Waals surface area contributed by atoms with Crippen molar-refractivity contribution in [1.29, 1.82) is 0 Å². The third-order valence-electron chi connectivity index (χ3n) is 5.13. The summed E-state index contributed by atoms with van der Waals surface area (Å²) >= 11 is 0. The Balaban J connectivity index is 2.14. The minimum absolute atomic E-state index is 0.0101. The molecule has 0 aliphatic heterocycles. The van der Waals surface area contributed by atoms with Gasteiger partial charge >= 0.3 is 0 Å². The fourth-order valence-corrected chi connectivity index (χ4v) is 3.41. The zero-order valence-electron chi connectivity index (χ0n) is 19.6. The third kappa shape index (κ3) is 7.42. The molecule has 0 heterocycles. The Bertz CT molecular complexity index is 856. The number of hydrogen-bond acceptors (Lipinski definition) is 3. The first-order valence-corrected chi connectivity index (χ1v) is 11.0. The summed E-state index contributed by atoms with van der Waals surface area (Å²) in [5.41, 5.74) is 2.07. The Morgan fingerprint density at radius 1 is 0.968 bits per heavy atom. The molecule has 5 nitrogen and oxygen atoms in total. The molecule has 1 atom stereocenters. The van der Waals surface area contributed by atoms with Crippen LogP contribution in [0.1, 0.15) is 52.7 Å².